The van der Waals surface area contributed by atoms with E-state index >= 15 is 0 Å². The Kier molecular flexibility index (Phi) is 4.36. The summed E-state index contributed by atoms with van der Waals surface area (Å²) in [7, 11) is -3.93. The average molecular weight is 328 g/mol. The summed E-state index contributed by atoms with van der Waals surface area (Å²) in [5.74, 6) is -0.798. The molecule has 1 aromatic carbocycles. The molecule has 0 spiro atoms. The van der Waals surface area contributed by atoms with Gasteiger partial charge >= 0.3 is 0 Å². The zero-order chi connectivity index (χ0) is 15.8. The minimum absolute atomic E-state index is 0.134. The van der Waals surface area contributed by atoms with Crippen molar-refractivity contribution in [3.63, 3.8) is 0 Å². The highest BCUT2D eigenvalue weighted by molar-refractivity contribution is 7.89. The Morgan fingerprint density at radius 3 is 2.43 bits per heavy atom. The first kappa shape index (κ1) is 15.9. The fourth-order valence-corrected chi connectivity index (χ4v) is 4.04. The number of thiophene rings is 1. The molecule has 0 aliphatic rings. The van der Waals surface area contributed by atoms with E-state index in [9.17, 15) is 12.8 Å². The van der Waals surface area contributed by atoms with Crippen molar-refractivity contribution >= 4 is 27.0 Å². The predicted molar refractivity (Wildman–Crippen MR) is 83.4 cm³/mol. The number of nitrogen functional groups attached to an aromatic ring is 1. The SMILES string of the molecule is Cc1cc(F)c(S(=O)(=O)NCc2cc(C)c(C)s2)cc1N. The minimum atomic E-state index is -3.93. The fourth-order valence-electron chi connectivity index (χ4n) is 1.86. The second-order valence-corrected chi connectivity index (χ2v) is 7.99. The zero-order valence-corrected chi connectivity index (χ0v) is 13.7. The Morgan fingerprint density at radius 1 is 1.19 bits per heavy atom. The van der Waals surface area contributed by atoms with E-state index in [2.05, 4.69) is 4.72 Å². The molecular weight excluding hydrogens is 311 g/mol. The number of rotatable bonds is 4. The van der Waals surface area contributed by atoms with E-state index in [1.165, 1.54) is 11.3 Å². The smallest absolute Gasteiger partial charge is 0.243 e. The molecule has 2 rings (SSSR count). The molecule has 3 N–H and O–H groups in total. The van der Waals surface area contributed by atoms with Gasteiger partial charge in [-0.3, -0.25) is 0 Å². The van der Waals surface area contributed by atoms with E-state index in [-0.39, 0.29) is 12.2 Å². The van der Waals surface area contributed by atoms with Gasteiger partial charge in [-0.05, 0) is 50.1 Å². The molecule has 0 atom stereocenters. The number of hydrogen-bond donors (Lipinski definition) is 2. The number of nitrogens with one attached hydrogen (secondary N) is 1. The van der Waals surface area contributed by atoms with Crippen molar-refractivity contribution in [2.75, 3.05) is 5.73 Å². The molecule has 0 aliphatic heterocycles. The van der Waals surface area contributed by atoms with Crippen molar-refractivity contribution in [1.82, 2.24) is 4.72 Å². The molecule has 2 aromatic rings. The van der Waals surface area contributed by atoms with Crippen LogP contribution in [0.5, 0.6) is 0 Å². The van der Waals surface area contributed by atoms with Gasteiger partial charge in [0, 0.05) is 22.0 Å². The van der Waals surface area contributed by atoms with Crippen LogP contribution in [0.4, 0.5) is 10.1 Å². The number of hydrogen-bond acceptors (Lipinski definition) is 4. The van der Waals surface area contributed by atoms with Crippen molar-refractivity contribution in [1.29, 1.82) is 0 Å². The lowest BCUT2D eigenvalue weighted by Crippen LogP contribution is -2.24. The molecule has 0 bridgehead atoms. The third-order valence-corrected chi connectivity index (χ3v) is 5.83. The van der Waals surface area contributed by atoms with Crippen LogP contribution in [-0.2, 0) is 16.6 Å². The Morgan fingerprint density at radius 2 is 1.86 bits per heavy atom. The number of sulfonamides is 1. The van der Waals surface area contributed by atoms with Gasteiger partial charge < -0.3 is 5.73 Å². The summed E-state index contributed by atoms with van der Waals surface area (Å²) >= 11 is 1.51. The lowest BCUT2D eigenvalue weighted by atomic mass is 10.2. The summed E-state index contributed by atoms with van der Waals surface area (Å²) in [6, 6.07) is 4.20. The summed E-state index contributed by atoms with van der Waals surface area (Å²) in [4.78, 5) is 1.60. The van der Waals surface area contributed by atoms with Crippen molar-refractivity contribution in [2.45, 2.75) is 32.2 Å². The highest BCUT2D eigenvalue weighted by Gasteiger charge is 2.20. The molecule has 0 aliphatic carbocycles. The first-order valence-corrected chi connectivity index (χ1v) is 8.62. The molecule has 0 saturated carbocycles. The van der Waals surface area contributed by atoms with E-state index in [1.54, 1.807) is 6.92 Å². The topological polar surface area (TPSA) is 72.2 Å². The Balaban J connectivity index is 2.24. The summed E-state index contributed by atoms with van der Waals surface area (Å²) in [5.41, 5.74) is 7.53. The van der Waals surface area contributed by atoms with Crippen molar-refractivity contribution in [3.05, 3.63) is 44.9 Å². The molecule has 4 nitrogen and oxygen atoms in total. The highest BCUT2D eigenvalue weighted by atomic mass is 32.2. The van der Waals surface area contributed by atoms with Crippen LogP contribution in [0, 0.1) is 26.6 Å². The standard InChI is InChI=1S/C14H17FN2O2S2/c1-8-4-11(20-10(8)3)7-17-21(18,19)14-6-13(16)9(2)5-12(14)15/h4-6,17H,7,16H2,1-3H3. The second kappa shape index (κ2) is 5.75. The first-order valence-electron chi connectivity index (χ1n) is 6.32. The van der Waals surface area contributed by atoms with E-state index in [4.69, 9.17) is 5.73 Å². The normalized spacial score (nSPS) is 11.8. The van der Waals surface area contributed by atoms with E-state index in [1.807, 2.05) is 19.9 Å². The van der Waals surface area contributed by atoms with Gasteiger partial charge in [-0.15, -0.1) is 11.3 Å². The van der Waals surface area contributed by atoms with E-state index < -0.39 is 20.7 Å². The zero-order valence-electron chi connectivity index (χ0n) is 12.0. The monoisotopic (exact) mass is 328 g/mol. The summed E-state index contributed by atoms with van der Waals surface area (Å²) < 4.78 is 40.6. The molecule has 1 aromatic heterocycles. The highest BCUT2D eigenvalue weighted by Crippen LogP contribution is 2.23. The number of anilines is 1. The minimum Gasteiger partial charge on any atom is -0.398 e. The molecule has 114 valence electrons. The van der Waals surface area contributed by atoms with Crippen LogP contribution in [-0.4, -0.2) is 8.42 Å². The fraction of sp³-hybridized carbons (Fsp3) is 0.286. The molecule has 0 amide bonds. The number of nitrogens with two attached hydrogens (primary N) is 1. The maximum atomic E-state index is 13.8. The van der Waals surface area contributed by atoms with E-state index in [0.717, 1.165) is 27.5 Å². The molecule has 0 saturated heterocycles. The van der Waals surface area contributed by atoms with Gasteiger partial charge in [-0.25, -0.2) is 17.5 Å². The van der Waals surface area contributed by atoms with Gasteiger partial charge in [-0.2, -0.15) is 0 Å². The Bertz CT molecular complexity index is 763. The summed E-state index contributed by atoms with van der Waals surface area (Å²) in [5, 5.41) is 0. The molecule has 7 heteroatoms. The van der Waals surface area contributed by atoms with Gasteiger partial charge in [0.2, 0.25) is 10.0 Å². The van der Waals surface area contributed by atoms with Crippen LogP contribution in [0.15, 0.2) is 23.1 Å². The molecule has 0 fully saturated rings. The lowest BCUT2D eigenvalue weighted by Gasteiger charge is -2.09. The summed E-state index contributed by atoms with van der Waals surface area (Å²) in [6.07, 6.45) is 0. The number of aryl methyl sites for hydroxylation is 3. The largest absolute Gasteiger partial charge is 0.398 e. The van der Waals surface area contributed by atoms with Crippen LogP contribution in [0.25, 0.3) is 0 Å². The molecule has 21 heavy (non-hydrogen) atoms. The van der Waals surface area contributed by atoms with Crippen LogP contribution >= 0.6 is 11.3 Å². The van der Waals surface area contributed by atoms with Gasteiger partial charge in [-0.1, -0.05) is 0 Å². The van der Waals surface area contributed by atoms with Crippen LogP contribution in [0.3, 0.4) is 0 Å². The maximum absolute atomic E-state index is 13.8. The van der Waals surface area contributed by atoms with E-state index in [0.29, 0.717) is 5.56 Å². The van der Waals surface area contributed by atoms with Gasteiger partial charge in [0.1, 0.15) is 10.7 Å². The molecule has 1 heterocycles. The average Bonchev–Trinajstić information content (AvgIpc) is 2.71. The van der Waals surface area contributed by atoms with Crippen LogP contribution in [0.1, 0.15) is 20.9 Å². The maximum Gasteiger partial charge on any atom is 0.243 e. The Labute approximate surface area is 127 Å². The van der Waals surface area contributed by atoms with Gasteiger partial charge in [0.05, 0.1) is 0 Å². The summed E-state index contributed by atoms with van der Waals surface area (Å²) in [6.45, 7) is 5.69. The lowest BCUT2D eigenvalue weighted by molar-refractivity contribution is 0.557. The molecule has 0 unspecified atom stereocenters. The molecular formula is C14H17FN2O2S2. The van der Waals surface area contributed by atoms with Gasteiger partial charge in [0.25, 0.3) is 0 Å². The van der Waals surface area contributed by atoms with Crippen LogP contribution < -0.4 is 10.5 Å². The quantitative estimate of drug-likeness (QED) is 0.848. The molecule has 0 radical (unpaired) electrons. The number of halogens is 1. The van der Waals surface area contributed by atoms with Crippen LogP contribution in [0.2, 0.25) is 0 Å². The second-order valence-electron chi connectivity index (χ2n) is 4.92. The van der Waals surface area contributed by atoms with Crippen molar-refractivity contribution < 1.29 is 12.8 Å². The van der Waals surface area contributed by atoms with Crippen molar-refractivity contribution in [3.8, 4) is 0 Å². The third-order valence-electron chi connectivity index (χ3n) is 3.26. The first-order chi connectivity index (χ1) is 9.70. The van der Waals surface area contributed by atoms with Gasteiger partial charge in [0.15, 0.2) is 0 Å². The third kappa shape index (κ3) is 3.42. The Hall–Kier alpha value is -1.44. The van der Waals surface area contributed by atoms with Crippen molar-refractivity contribution in [2.24, 2.45) is 0 Å². The number of benzene rings is 1. The predicted octanol–water partition coefficient (Wildman–Crippen LogP) is 2.87.